The van der Waals surface area contributed by atoms with Crippen LogP contribution in [0.25, 0.3) is 0 Å². The Morgan fingerprint density at radius 2 is 1.71 bits per heavy atom. The van der Waals surface area contributed by atoms with Crippen molar-refractivity contribution in [2.75, 3.05) is 0 Å². The van der Waals surface area contributed by atoms with Gasteiger partial charge >= 0.3 is 0 Å². The Hall–Kier alpha value is -0.860. The fourth-order valence-electron chi connectivity index (χ4n) is 1.45. The molecule has 0 saturated carbocycles. The van der Waals surface area contributed by atoms with Gasteiger partial charge in [0.2, 0.25) is 0 Å². The number of hydrazine groups is 1. The molecule has 1 rings (SSSR count). The summed E-state index contributed by atoms with van der Waals surface area (Å²) in [7, 11) is 0. The van der Waals surface area contributed by atoms with Crippen molar-refractivity contribution >= 4 is 0 Å². The SMILES string of the molecule is CC(C)c1ccc(C[C@@H](C)NN)cc1. The van der Waals surface area contributed by atoms with Crippen LogP contribution in [-0.4, -0.2) is 6.04 Å². The van der Waals surface area contributed by atoms with Gasteiger partial charge in [-0.2, -0.15) is 0 Å². The van der Waals surface area contributed by atoms with Crippen LogP contribution >= 0.6 is 0 Å². The van der Waals surface area contributed by atoms with E-state index in [0.717, 1.165) is 6.42 Å². The molecule has 1 atom stereocenters. The van der Waals surface area contributed by atoms with E-state index in [1.54, 1.807) is 0 Å². The zero-order valence-corrected chi connectivity index (χ0v) is 9.25. The van der Waals surface area contributed by atoms with Crippen LogP contribution in [0.3, 0.4) is 0 Å². The zero-order chi connectivity index (χ0) is 10.6. The van der Waals surface area contributed by atoms with Crippen LogP contribution in [0, 0.1) is 0 Å². The predicted octanol–water partition coefficient (Wildman–Crippen LogP) is 2.20. The quantitative estimate of drug-likeness (QED) is 0.567. The Morgan fingerprint density at radius 1 is 1.14 bits per heavy atom. The number of hydrogen-bond donors (Lipinski definition) is 2. The number of hydrogen-bond acceptors (Lipinski definition) is 2. The maximum atomic E-state index is 5.35. The molecule has 0 heterocycles. The summed E-state index contributed by atoms with van der Waals surface area (Å²) in [6, 6.07) is 9.10. The third-order valence-electron chi connectivity index (χ3n) is 2.47. The minimum atomic E-state index is 0.333. The molecule has 0 radical (unpaired) electrons. The Balaban J connectivity index is 2.64. The van der Waals surface area contributed by atoms with Gasteiger partial charge in [-0.05, 0) is 30.4 Å². The fraction of sp³-hybridized carbons (Fsp3) is 0.500. The lowest BCUT2D eigenvalue weighted by molar-refractivity contribution is 0.568. The summed E-state index contributed by atoms with van der Waals surface area (Å²) in [5.74, 6) is 5.95. The van der Waals surface area contributed by atoms with Gasteiger partial charge in [0.15, 0.2) is 0 Å². The van der Waals surface area contributed by atoms with E-state index >= 15 is 0 Å². The van der Waals surface area contributed by atoms with E-state index < -0.39 is 0 Å². The van der Waals surface area contributed by atoms with Crippen LogP contribution in [0.15, 0.2) is 24.3 Å². The van der Waals surface area contributed by atoms with Crippen LogP contribution < -0.4 is 11.3 Å². The smallest absolute Gasteiger partial charge is 0.0222 e. The summed E-state index contributed by atoms with van der Waals surface area (Å²) in [5, 5.41) is 0. The van der Waals surface area contributed by atoms with E-state index in [4.69, 9.17) is 5.84 Å². The van der Waals surface area contributed by atoms with E-state index in [1.165, 1.54) is 11.1 Å². The molecule has 0 aliphatic carbocycles. The summed E-state index contributed by atoms with van der Waals surface area (Å²) >= 11 is 0. The van der Waals surface area contributed by atoms with Gasteiger partial charge < -0.3 is 0 Å². The second-order valence-electron chi connectivity index (χ2n) is 4.17. The summed E-state index contributed by atoms with van der Waals surface area (Å²) in [5.41, 5.74) is 5.47. The molecule has 14 heavy (non-hydrogen) atoms. The Morgan fingerprint density at radius 3 is 2.14 bits per heavy atom. The van der Waals surface area contributed by atoms with E-state index in [9.17, 15) is 0 Å². The molecule has 1 aromatic rings. The van der Waals surface area contributed by atoms with Crippen LogP contribution in [-0.2, 0) is 6.42 Å². The number of rotatable bonds is 4. The van der Waals surface area contributed by atoms with Gasteiger partial charge in [0.1, 0.15) is 0 Å². The molecule has 0 unspecified atom stereocenters. The van der Waals surface area contributed by atoms with Crippen molar-refractivity contribution in [1.29, 1.82) is 0 Å². The van der Waals surface area contributed by atoms with Crippen molar-refractivity contribution in [3.63, 3.8) is 0 Å². The van der Waals surface area contributed by atoms with E-state index in [-0.39, 0.29) is 0 Å². The summed E-state index contributed by atoms with van der Waals surface area (Å²) in [4.78, 5) is 0. The highest BCUT2D eigenvalue weighted by molar-refractivity contribution is 5.25. The Bertz CT molecular complexity index is 264. The number of nitrogens with two attached hydrogens (primary N) is 1. The fourth-order valence-corrected chi connectivity index (χ4v) is 1.45. The molecule has 0 aromatic heterocycles. The third-order valence-corrected chi connectivity index (χ3v) is 2.47. The van der Waals surface area contributed by atoms with E-state index in [1.807, 2.05) is 0 Å². The minimum absolute atomic E-state index is 0.333. The lowest BCUT2D eigenvalue weighted by atomic mass is 10.00. The van der Waals surface area contributed by atoms with Gasteiger partial charge in [-0.25, -0.2) is 0 Å². The highest BCUT2D eigenvalue weighted by Crippen LogP contribution is 2.15. The summed E-state index contributed by atoms with van der Waals surface area (Å²) in [6.07, 6.45) is 0.981. The largest absolute Gasteiger partial charge is 0.271 e. The average molecular weight is 192 g/mol. The molecule has 2 nitrogen and oxygen atoms in total. The van der Waals surface area contributed by atoms with Crippen LogP contribution in [0.4, 0.5) is 0 Å². The number of nitrogens with one attached hydrogen (secondary N) is 1. The maximum absolute atomic E-state index is 5.35. The first-order valence-electron chi connectivity index (χ1n) is 5.18. The van der Waals surface area contributed by atoms with Gasteiger partial charge in [0.05, 0.1) is 0 Å². The average Bonchev–Trinajstić information content (AvgIpc) is 2.18. The van der Waals surface area contributed by atoms with Crippen LogP contribution in [0.1, 0.15) is 37.8 Å². The minimum Gasteiger partial charge on any atom is -0.271 e. The summed E-state index contributed by atoms with van der Waals surface area (Å²) in [6.45, 7) is 6.49. The van der Waals surface area contributed by atoms with E-state index in [2.05, 4.69) is 50.5 Å². The molecule has 0 aliphatic rings. The molecular weight excluding hydrogens is 172 g/mol. The molecule has 0 fully saturated rings. The first-order chi connectivity index (χ1) is 6.63. The predicted molar refractivity (Wildman–Crippen MR) is 61.0 cm³/mol. The van der Waals surface area contributed by atoms with Gasteiger partial charge in [-0.15, -0.1) is 0 Å². The Kier molecular flexibility index (Phi) is 4.11. The van der Waals surface area contributed by atoms with Crippen molar-refractivity contribution in [1.82, 2.24) is 5.43 Å². The first-order valence-corrected chi connectivity index (χ1v) is 5.18. The van der Waals surface area contributed by atoms with Gasteiger partial charge in [-0.1, -0.05) is 38.1 Å². The highest BCUT2D eigenvalue weighted by Gasteiger charge is 2.02. The van der Waals surface area contributed by atoms with Crippen molar-refractivity contribution < 1.29 is 0 Å². The second kappa shape index (κ2) is 5.13. The molecule has 0 amide bonds. The summed E-state index contributed by atoms with van der Waals surface area (Å²) < 4.78 is 0. The van der Waals surface area contributed by atoms with Crippen molar-refractivity contribution in [2.45, 2.75) is 39.2 Å². The monoisotopic (exact) mass is 192 g/mol. The van der Waals surface area contributed by atoms with Crippen molar-refractivity contribution in [3.05, 3.63) is 35.4 Å². The van der Waals surface area contributed by atoms with Crippen molar-refractivity contribution in [3.8, 4) is 0 Å². The third kappa shape index (κ3) is 3.13. The molecule has 1 aromatic carbocycles. The van der Waals surface area contributed by atoms with Gasteiger partial charge in [-0.3, -0.25) is 11.3 Å². The van der Waals surface area contributed by atoms with Gasteiger partial charge in [0, 0.05) is 6.04 Å². The van der Waals surface area contributed by atoms with Crippen LogP contribution in [0.5, 0.6) is 0 Å². The second-order valence-corrected chi connectivity index (χ2v) is 4.17. The molecule has 0 bridgehead atoms. The maximum Gasteiger partial charge on any atom is 0.0222 e. The molecule has 78 valence electrons. The molecule has 0 aliphatic heterocycles. The standard InChI is InChI=1S/C12H20N2/c1-9(2)12-6-4-11(5-7-12)8-10(3)14-13/h4-7,9-10,14H,8,13H2,1-3H3/t10-/m1/s1. The highest BCUT2D eigenvalue weighted by atomic mass is 15.2. The Labute approximate surface area is 86.5 Å². The number of benzene rings is 1. The van der Waals surface area contributed by atoms with E-state index in [0.29, 0.717) is 12.0 Å². The molecule has 0 saturated heterocycles. The topological polar surface area (TPSA) is 38.0 Å². The lowest BCUT2D eigenvalue weighted by Gasteiger charge is -2.11. The first kappa shape index (κ1) is 11.2. The molecule has 0 spiro atoms. The molecule has 3 N–H and O–H groups in total. The lowest BCUT2D eigenvalue weighted by Crippen LogP contribution is -2.34. The van der Waals surface area contributed by atoms with Crippen LogP contribution in [0.2, 0.25) is 0 Å². The normalized spacial score (nSPS) is 13.2. The molecular formula is C12H20N2. The van der Waals surface area contributed by atoms with Gasteiger partial charge in [0.25, 0.3) is 0 Å². The van der Waals surface area contributed by atoms with Crippen molar-refractivity contribution in [2.24, 2.45) is 5.84 Å². The zero-order valence-electron chi connectivity index (χ0n) is 9.25. The molecule has 2 heteroatoms.